The average molecular weight is 765 g/mol. The number of rotatable bonds is 43. The van der Waals surface area contributed by atoms with Crippen LogP contribution in [0.25, 0.3) is 0 Å². The van der Waals surface area contributed by atoms with E-state index in [1.54, 1.807) is 0 Å². The third-order valence-corrected chi connectivity index (χ3v) is 10.8. The van der Waals surface area contributed by atoms with Gasteiger partial charge in [-0.2, -0.15) is 0 Å². The highest BCUT2D eigenvalue weighted by Crippen LogP contribution is 2.16. The van der Waals surface area contributed by atoms with Crippen LogP contribution in [0, 0.1) is 5.92 Å². The minimum atomic E-state index is -0.759. The van der Waals surface area contributed by atoms with Crippen molar-refractivity contribution in [3.8, 4) is 0 Å². The normalized spacial score (nSPS) is 11.9. The highest BCUT2D eigenvalue weighted by Gasteiger charge is 2.19. The van der Waals surface area contributed by atoms with Gasteiger partial charge >= 0.3 is 17.9 Å². The Bertz CT molecular complexity index is 811. The van der Waals surface area contributed by atoms with E-state index in [0.29, 0.717) is 19.3 Å². The predicted octanol–water partition coefficient (Wildman–Crippen LogP) is 15.1. The highest BCUT2D eigenvalue weighted by molar-refractivity contribution is 5.71. The minimum Gasteiger partial charge on any atom is -0.462 e. The van der Waals surface area contributed by atoms with Crippen LogP contribution < -0.4 is 0 Å². The van der Waals surface area contributed by atoms with Gasteiger partial charge in [0, 0.05) is 19.3 Å². The molecule has 0 spiro atoms. The summed E-state index contributed by atoms with van der Waals surface area (Å²) in [4.78, 5) is 37.7. The Morgan fingerprint density at radius 1 is 0.352 bits per heavy atom. The summed E-state index contributed by atoms with van der Waals surface area (Å²) in [6, 6.07) is 0. The molecule has 0 fully saturated rings. The summed E-state index contributed by atoms with van der Waals surface area (Å²) in [6.45, 7) is 8.94. The lowest BCUT2D eigenvalue weighted by Crippen LogP contribution is -2.30. The monoisotopic (exact) mass is 765 g/mol. The van der Waals surface area contributed by atoms with E-state index in [9.17, 15) is 14.4 Å². The zero-order valence-electron chi connectivity index (χ0n) is 36.7. The summed E-state index contributed by atoms with van der Waals surface area (Å²) in [5, 5.41) is 0. The highest BCUT2D eigenvalue weighted by atomic mass is 16.6. The first-order valence-corrected chi connectivity index (χ1v) is 23.9. The van der Waals surface area contributed by atoms with Gasteiger partial charge in [-0.15, -0.1) is 0 Å². The van der Waals surface area contributed by atoms with Crippen molar-refractivity contribution in [1.82, 2.24) is 0 Å². The number of carbonyl (C=O) groups excluding carboxylic acids is 3. The van der Waals surface area contributed by atoms with Crippen LogP contribution in [0.15, 0.2) is 0 Å². The molecule has 0 aliphatic rings. The second-order valence-corrected chi connectivity index (χ2v) is 16.9. The van der Waals surface area contributed by atoms with Crippen LogP contribution in [0.2, 0.25) is 0 Å². The van der Waals surface area contributed by atoms with Crippen molar-refractivity contribution in [3.63, 3.8) is 0 Å². The molecule has 0 aliphatic carbocycles. The molecule has 0 unspecified atom stereocenters. The summed E-state index contributed by atoms with van der Waals surface area (Å²) in [5.74, 6) is -0.0749. The molecule has 0 bridgehead atoms. The first-order valence-electron chi connectivity index (χ1n) is 23.9. The number of carbonyl (C=O) groups is 3. The molecule has 0 rings (SSSR count). The van der Waals surface area contributed by atoms with Gasteiger partial charge in [-0.3, -0.25) is 14.4 Å². The third kappa shape index (κ3) is 41.6. The largest absolute Gasteiger partial charge is 0.462 e. The van der Waals surface area contributed by atoms with Crippen LogP contribution in [0.4, 0.5) is 0 Å². The topological polar surface area (TPSA) is 78.9 Å². The van der Waals surface area contributed by atoms with Gasteiger partial charge in [0.1, 0.15) is 13.2 Å². The van der Waals surface area contributed by atoms with E-state index in [4.69, 9.17) is 14.2 Å². The van der Waals surface area contributed by atoms with Crippen LogP contribution in [-0.4, -0.2) is 37.2 Å². The van der Waals surface area contributed by atoms with Crippen molar-refractivity contribution in [2.24, 2.45) is 5.92 Å². The Morgan fingerprint density at radius 2 is 0.611 bits per heavy atom. The first-order chi connectivity index (χ1) is 26.4. The van der Waals surface area contributed by atoms with Crippen molar-refractivity contribution >= 4 is 17.9 Å². The van der Waals surface area contributed by atoms with Gasteiger partial charge in [0.05, 0.1) is 0 Å². The fraction of sp³-hybridized carbons (Fsp3) is 0.938. The molecule has 0 N–H and O–H groups in total. The van der Waals surface area contributed by atoms with Crippen LogP contribution >= 0.6 is 0 Å². The first kappa shape index (κ1) is 52.4. The summed E-state index contributed by atoms with van der Waals surface area (Å²) in [7, 11) is 0. The molecule has 0 saturated carbocycles. The molecule has 0 amide bonds. The molecule has 0 aliphatic heterocycles. The molecule has 6 nitrogen and oxygen atoms in total. The quantitative estimate of drug-likeness (QED) is 0.0349. The van der Waals surface area contributed by atoms with Crippen molar-refractivity contribution < 1.29 is 28.6 Å². The standard InChI is InChI=1S/C48H92O6/c1-5-7-9-11-13-15-16-17-18-19-20-21-22-24-27-31-35-39-46(49)52-42-45(54-48(51)41-37-33-28-23-14-12-10-8-6-2)43-53-47(50)40-36-32-29-25-26-30-34-38-44(3)4/h44-45H,5-43H2,1-4H3/t45-/m0/s1. The Balaban J connectivity index is 4.23. The Kier molecular flexibility index (Phi) is 41.3. The fourth-order valence-electron chi connectivity index (χ4n) is 7.16. The number of ether oxygens (including phenoxy) is 3. The van der Waals surface area contributed by atoms with Crippen molar-refractivity contribution in [2.45, 2.75) is 271 Å². The maximum absolute atomic E-state index is 12.7. The van der Waals surface area contributed by atoms with E-state index >= 15 is 0 Å². The zero-order valence-corrected chi connectivity index (χ0v) is 36.7. The maximum Gasteiger partial charge on any atom is 0.306 e. The van der Waals surface area contributed by atoms with Gasteiger partial charge in [0.25, 0.3) is 0 Å². The lowest BCUT2D eigenvalue weighted by molar-refractivity contribution is -0.167. The van der Waals surface area contributed by atoms with Gasteiger partial charge in [0.15, 0.2) is 6.10 Å². The SMILES string of the molecule is CCCCCCCCCCCCCCCCCCCC(=O)OC[C@@H](COC(=O)CCCCCCCCCC(C)C)OC(=O)CCCCCCCCCCC. The van der Waals surface area contributed by atoms with Crippen LogP contribution in [-0.2, 0) is 28.6 Å². The summed E-state index contributed by atoms with van der Waals surface area (Å²) in [6.07, 6.45) is 42.4. The van der Waals surface area contributed by atoms with Crippen molar-refractivity contribution in [3.05, 3.63) is 0 Å². The molecule has 0 aromatic heterocycles. The fourth-order valence-corrected chi connectivity index (χ4v) is 7.16. The van der Waals surface area contributed by atoms with Crippen molar-refractivity contribution in [2.75, 3.05) is 13.2 Å². The van der Waals surface area contributed by atoms with Crippen LogP contribution in [0.5, 0.6) is 0 Å². The van der Waals surface area contributed by atoms with Gasteiger partial charge < -0.3 is 14.2 Å². The molecule has 0 saturated heterocycles. The lowest BCUT2D eigenvalue weighted by Gasteiger charge is -2.18. The van der Waals surface area contributed by atoms with Gasteiger partial charge in [0.2, 0.25) is 0 Å². The number of esters is 3. The summed E-state index contributed by atoms with van der Waals surface area (Å²) >= 11 is 0. The number of hydrogen-bond acceptors (Lipinski definition) is 6. The second kappa shape index (κ2) is 42.6. The molecule has 0 heterocycles. The number of unbranched alkanes of at least 4 members (excludes halogenated alkanes) is 30. The zero-order chi connectivity index (χ0) is 39.6. The summed E-state index contributed by atoms with van der Waals surface area (Å²) in [5.41, 5.74) is 0. The maximum atomic E-state index is 12.7. The Labute approximate surface area is 336 Å². The molecule has 54 heavy (non-hydrogen) atoms. The van der Waals surface area contributed by atoms with Crippen molar-refractivity contribution in [1.29, 1.82) is 0 Å². The third-order valence-electron chi connectivity index (χ3n) is 10.8. The molecule has 0 radical (unpaired) electrons. The van der Waals surface area contributed by atoms with E-state index in [1.807, 2.05) is 0 Å². The summed E-state index contributed by atoms with van der Waals surface area (Å²) < 4.78 is 16.7. The van der Waals surface area contributed by atoms with Gasteiger partial charge in [-0.1, -0.05) is 227 Å². The Morgan fingerprint density at radius 3 is 0.907 bits per heavy atom. The van der Waals surface area contributed by atoms with Gasteiger partial charge in [-0.05, 0) is 25.2 Å². The van der Waals surface area contributed by atoms with E-state index in [0.717, 1.165) is 63.7 Å². The van der Waals surface area contributed by atoms with E-state index in [-0.39, 0.29) is 31.1 Å². The molecule has 0 aromatic rings. The molecule has 1 atom stereocenters. The van der Waals surface area contributed by atoms with E-state index < -0.39 is 6.10 Å². The molecule has 0 aromatic carbocycles. The lowest BCUT2D eigenvalue weighted by atomic mass is 10.0. The molecule has 320 valence electrons. The molecule has 6 heteroatoms. The van der Waals surface area contributed by atoms with Crippen LogP contribution in [0.1, 0.15) is 265 Å². The predicted molar refractivity (Wildman–Crippen MR) is 229 cm³/mol. The smallest absolute Gasteiger partial charge is 0.306 e. The molecular formula is C48H92O6. The van der Waals surface area contributed by atoms with Crippen LogP contribution in [0.3, 0.4) is 0 Å². The van der Waals surface area contributed by atoms with E-state index in [2.05, 4.69) is 27.7 Å². The molecular weight excluding hydrogens is 673 g/mol. The minimum absolute atomic E-state index is 0.0641. The average Bonchev–Trinajstić information content (AvgIpc) is 3.15. The second-order valence-electron chi connectivity index (χ2n) is 16.9. The van der Waals surface area contributed by atoms with Gasteiger partial charge in [-0.25, -0.2) is 0 Å². The number of hydrogen-bond donors (Lipinski definition) is 0. The Hall–Kier alpha value is -1.59. The van der Waals surface area contributed by atoms with E-state index in [1.165, 1.54) is 161 Å².